The summed E-state index contributed by atoms with van der Waals surface area (Å²) < 4.78 is 0. The normalized spacial score (nSPS) is 12.6. The highest BCUT2D eigenvalue weighted by molar-refractivity contribution is 5.86. The molecule has 0 heterocycles. The Morgan fingerprint density at radius 2 is 2.25 bits per heavy atom. The molecule has 8 heavy (non-hydrogen) atoms. The SMILES string of the molecule is CC=N/C(C)=N\OC. The zero-order valence-corrected chi connectivity index (χ0v) is 5.38. The van der Waals surface area contributed by atoms with Gasteiger partial charge in [-0.3, -0.25) is 0 Å². The van der Waals surface area contributed by atoms with E-state index in [1.807, 2.05) is 6.92 Å². The van der Waals surface area contributed by atoms with Crippen molar-refractivity contribution in [3.05, 3.63) is 0 Å². The van der Waals surface area contributed by atoms with Crippen molar-refractivity contribution in [2.75, 3.05) is 7.11 Å². The first-order valence-electron chi connectivity index (χ1n) is 2.37. The molecule has 0 aromatic carbocycles. The third-order valence-electron chi connectivity index (χ3n) is 0.539. The second-order valence-corrected chi connectivity index (χ2v) is 1.21. The zero-order chi connectivity index (χ0) is 6.41. The quantitative estimate of drug-likeness (QED) is 0.285. The highest BCUT2D eigenvalue weighted by Crippen LogP contribution is 1.77. The molecule has 0 unspecified atom stereocenters. The van der Waals surface area contributed by atoms with Crippen LogP contribution < -0.4 is 0 Å². The van der Waals surface area contributed by atoms with Crippen LogP contribution in [0.5, 0.6) is 0 Å². The standard InChI is InChI=1S/C5H10N2O/c1-4-6-5(2)7-8-3/h4H,1-3H3/b6-4?,7-5-. The third kappa shape index (κ3) is 3.33. The molecule has 0 fully saturated rings. The van der Waals surface area contributed by atoms with E-state index in [4.69, 9.17) is 0 Å². The van der Waals surface area contributed by atoms with Gasteiger partial charge in [-0.2, -0.15) is 0 Å². The van der Waals surface area contributed by atoms with E-state index < -0.39 is 0 Å². The average Bonchev–Trinajstić information content (AvgIpc) is 1.68. The molecule has 0 aliphatic rings. The molecular weight excluding hydrogens is 104 g/mol. The molecule has 3 heteroatoms. The Hall–Kier alpha value is -0.860. The molecule has 0 aromatic heterocycles. The number of hydrogen-bond acceptors (Lipinski definition) is 2. The van der Waals surface area contributed by atoms with Crippen molar-refractivity contribution in [3.63, 3.8) is 0 Å². The first kappa shape index (κ1) is 7.14. The number of nitrogens with zero attached hydrogens (tertiary/aromatic N) is 2. The molecule has 0 aliphatic heterocycles. The van der Waals surface area contributed by atoms with Gasteiger partial charge in [-0.1, -0.05) is 5.16 Å². The van der Waals surface area contributed by atoms with Crippen LogP contribution in [0.2, 0.25) is 0 Å². The summed E-state index contributed by atoms with van der Waals surface area (Å²) in [4.78, 5) is 8.24. The van der Waals surface area contributed by atoms with Crippen LogP contribution in [0.3, 0.4) is 0 Å². The van der Waals surface area contributed by atoms with Crippen LogP contribution in [-0.2, 0) is 4.84 Å². The number of rotatable bonds is 1. The van der Waals surface area contributed by atoms with Crippen LogP contribution in [0.1, 0.15) is 13.8 Å². The molecule has 0 atom stereocenters. The minimum absolute atomic E-state index is 0.634. The maximum atomic E-state index is 4.43. The van der Waals surface area contributed by atoms with Gasteiger partial charge in [0.1, 0.15) is 7.11 Å². The minimum atomic E-state index is 0.634. The fourth-order valence-electron chi connectivity index (χ4n) is 0.343. The Morgan fingerprint density at radius 1 is 1.62 bits per heavy atom. The number of aliphatic imine (C=N–C) groups is 1. The third-order valence-corrected chi connectivity index (χ3v) is 0.539. The van der Waals surface area contributed by atoms with Crippen molar-refractivity contribution in [2.45, 2.75) is 13.8 Å². The smallest absolute Gasteiger partial charge is 0.164 e. The van der Waals surface area contributed by atoms with Crippen molar-refractivity contribution in [1.29, 1.82) is 0 Å². The van der Waals surface area contributed by atoms with E-state index in [2.05, 4.69) is 15.0 Å². The molecule has 0 saturated carbocycles. The zero-order valence-electron chi connectivity index (χ0n) is 5.38. The molecule has 0 bridgehead atoms. The van der Waals surface area contributed by atoms with Gasteiger partial charge in [0.25, 0.3) is 0 Å². The molecule has 46 valence electrons. The first-order chi connectivity index (χ1) is 3.81. The second-order valence-electron chi connectivity index (χ2n) is 1.21. The average molecular weight is 114 g/mol. The molecule has 0 amide bonds. The monoisotopic (exact) mass is 114 g/mol. The lowest BCUT2D eigenvalue weighted by molar-refractivity contribution is 0.213. The van der Waals surface area contributed by atoms with Crippen molar-refractivity contribution in [1.82, 2.24) is 0 Å². The Bertz CT molecular complexity index is 107. The maximum absolute atomic E-state index is 4.43. The highest BCUT2D eigenvalue weighted by Gasteiger charge is 1.77. The van der Waals surface area contributed by atoms with Crippen LogP contribution in [0.25, 0.3) is 0 Å². The van der Waals surface area contributed by atoms with E-state index in [0.717, 1.165) is 0 Å². The summed E-state index contributed by atoms with van der Waals surface area (Å²) in [6, 6.07) is 0. The van der Waals surface area contributed by atoms with Gasteiger partial charge >= 0.3 is 0 Å². The van der Waals surface area contributed by atoms with Crippen molar-refractivity contribution < 1.29 is 4.84 Å². The van der Waals surface area contributed by atoms with Crippen LogP contribution in [0.4, 0.5) is 0 Å². The number of amidine groups is 1. The lowest BCUT2D eigenvalue weighted by Gasteiger charge is -1.86. The van der Waals surface area contributed by atoms with Crippen LogP contribution in [0, 0.1) is 0 Å². The molecule has 0 aliphatic carbocycles. The van der Waals surface area contributed by atoms with E-state index in [-0.39, 0.29) is 0 Å². The van der Waals surface area contributed by atoms with E-state index in [0.29, 0.717) is 5.84 Å². The summed E-state index contributed by atoms with van der Waals surface area (Å²) >= 11 is 0. The lowest BCUT2D eigenvalue weighted by Crippen LogP contribution is -1.85. The van der Waals surface area contributed by atoms with E-state index >= 15 is 0 Å². The van der Waals surface area contributed by atoms with Crippen molar-refractivity contribution in [3.8, 4) is 0 Å². The van der Waals surface area contributed by atoms with Gasteiger partial charge in [0.2, 0.25) is 0 Å². The summed E-state index contributed by atoms with van der Waals surface area (Å²) in [5.74, 6) is 0.634. The fraction of sp³-hybridized carbons (Fsp3) is 0.600. The fourth-order valence-corrected chi connectivity index (χ4v) is 0.343. The van der Waals surface area contributed by atoms with Crippen LogP contribution in [0.15, 0.2) is 10.1 Å². The van der Waals surface area contributed by atoms with Gasteiger partial charge in [0.15, 0.2) is 5.84 Å². The maximum Gasteiger partial charge on any atom is 0.164 e. The molecule has 0 rings (SSSR count). The van der Waals surface area contributed by atoms with Crippen LogP contribution in [-0.4, -0.2) is 19.2 Å². The molecule has 0 N–H and O–H groups in total. The van der Waals surface area contributed by atoms with E-state index in [1.165, 1.54) is 7.11 Å². The summed E-state index contributed by atoms with van der Waals surface area (Å²) in [5.41, 5.74) is 0. The van der Waals surface area contributed by atoms with Crippen molar-refractivity contribution >= 4 is 12.1 Å². The Balaban J connectivity index is 3.61. The predicted molar refractivity (Wildman–Crippen MR) is 34.3 cm³/mol. The molecule has 0 spiro atoms. The van der Waals surface area contributed by atoms with Gasteiger partial charge in [0, 0.05) is 6.21 Å². The molecular formula is C5H10N2O. The van der Waals surface area contributed by atoms with Gasteiger partial charge in [0.05, 0.1) is 0 Å². The number of hydrogen-bond donors (Lipinski definition) is 0. The lowest BCUT2D eigenvalue weighted by atomic mass is 10.7. The highest BCUT2D eigenvalue weighted by atomic mass is 16.6. The summed E-state index contributed by atoms with van der Waals surface area (Å²) in [6.45, 7) is 3.60. The van der Waals surface area contributed by atoms with Gasteiger partial charge in [-0.05, 0) is 13.8 Å². The van der Waals surface area contributed by atoms with E-state index in [1.54, 1.807) is 13.1 Å². The molecule has 3 nitrogen and oxygen atoms in total. The van der Waals surface area contributed by atoms with E-state index in [9.17, 15) is 0 Å². The topological polar surface area (TPSA) is 34.0 Å². The Kier molecular flexibility index (Phi) is 3.84. The summed E-state index contributed by atoms with van der Waals surface area (Å²) in [5, 5.41) is 3.53. The summed E-state index contributed by atoms with van der Waals surface area (Å²) in [7, 11) is 1.49. The molecule has 0 aromatic rings. The summed E-state index contributed by atoms with van der Waals surface area (Å²) in [6.07, 6.45) is 1.66. The van der Waals surface area contributed by atoms with Gasteiger partial charge in [-0.15, -0.1) is 0 Å². The van der Waals surface area contributed by atoms with Gasteiger partial charge < -0.3 is 4.84 Å². The number of oxime groups is 1. The second kappa shape index (κ2) is 4.30. The molecule has 0 radical (unpaired) electrons. The largest absolute Gasteiger partial charge is 0.398 e. The Morgan fingerprint density at radius 3 is 2.62 bits per heavy atom. The van der Waals surface area contributed by atoms with Crippen molar-refractivity contribution in [2.24, 2.45) is 10.1 Å². The van der Waals surface area contributed by atoms with Gasteiger partial charge in [-0.25, -0.2) is 4.99 Å². The predicted octanol–water partition coefficient (Wildman–Crippen LogP) is 1.06. The molecule has 0 saturated heterocycles. The Labute approximate surface area is 49.1 Å². The minimum Gasteiger partial charge on any atom is -0.398 e. The van der Waals surface area contributed by atoms with Crippen LogP contribution >= 0.6 is 0 Å². The first-order valence-corrected chi connectivity index (χ1v) is 2.37.